The van der Waals surface area contributed by atoms with Gasteiger partial charge in [-0.1, -0.05) is 19.3 Å². The second-order valence-electron chi connectivity index (χ2n) is 7.23. The van der Waals surface area contributed by atoms with Gasteiger partial charge in [-0.25, -0.2) is 4.98 Å². The summed E-state index contributed by atoms with van der Waals surface area (Å²) in [6, 6.07) is 3.07. The van der Waals surface area contributed by atoms with Crippen molar-refractivity contribution in [1.29, 1.82) is 0 Å². The van der Waals surface area contributed by atoms with Crippen LogP contribution in [0.25, 0.3) is 0 Å². The van der Waals surface area contributed by atoms with Crippen LogP contribution in [0.4, 0.5) is 18.9 Å². The molecule has 1 unspecified atom stereocenters. The number of alkyl halides is 3. The molecule has 1 aliphatic carbocycles. The van der Waals surface area contributed by atoms with Gasteiger partial charge < -0.3 is 9.64 Å². The van der Waals surface area contributed by atoms with Gasteiger partial charge >= 0.3 is 6.18 Å². The lowest BCUT2D eigenvalue weighted by molar-refractivity contribution is -0.189. The number of anilines is 1. The van der Waals surface area contributed by atoms with Crippen molar-refractivity contribution in [1.82, 2.24) is 4.98 Å². The Hall–Kier alpha value is -1.79. The van der Waals surface area contributed by atoms with Crippen molar-refractivity contribution in [2.24, 2.45) is 5.41 Å². The number of hydrogen-bond acceptors (Lipinski definition) is 3. The minimum absolute atomic E-state index is 0.0632. The van der Waals surface area contributed by atoms with Gasteiger partial charge in [0.15, 0.2) is 6.10 Å². The van der Waals surface area contributed by atoms with Crippen molar-refractivity contribution in [3.8, 4) is 5.88 Å². The molecule has 4 nitrogen and oxygen atoms in total. The maximum atomic E-state index is 13.0. The Kier molecular flexibility index (Phi) is 4.68. The summed E-state index contributed by atoms with van der Waals surface area (Å²) in [7, 11) is 0. The number of amides is 1. The Morgan fingerprint density at radius 2 is 1.96 bits per heavy atom. The van der Waals surface area contributed by atoms with Gasteiger partial charge in [-0.3, -0.25) is 4.79 Å². The fraction of sp³-hybridized carbons (Fsp3) is 0.667. The van der Waals surface area contributed by atoms with Crippen molar-refractivity contribution >= 4 is 11.6 Å². The molecule has 1 spiro atoms. The van der Waals surface area contributed by atoms with Crippen LogP contribution in [0.15, 0.2) is 18.3 Å². The number of hydrogen-bond donors (Lipinski definition) is 0. The summed E-state index contributed by atoms with van der Waals surface area (Å²) in [4.78, 5) is 18.7. The summed E-state index contributed by atoms with van der Waals surface area (Å²) in [5.41, 5.74) is 0.351. The summed E-state index contributed by atoms with van der Waals surface area (Å²) < 4.78 is 42.5. The Morgan fingerprint density at radius 1 is 1.28 bits per heavy atom. The maximum Gasteiger partial charge on any atom is 0.425 e. The van der Waals surface area contributed by atoms with Gasteiger partial charge in [0.1, 0.15) is 0 Å². The van der Waals surface area contributed by atoms with E-state index >= 15 is 0 Å². The second-order valence-corrected chi connectivity index (χ2v) is 7.23. The van der Waals surface area contributed by atoms with E-state index in [1.807, 2.05) is 6.92 Å². The third-order valence-corrected chi connectivity index (χ3v) is 5.37. The highest BCUT2D eigenvalue weighted by Crippen LogP contribution is 2.48. The molecule has 1 aromatic rings. The molecular weight excluding hydrogens is 333 g/mol. The molecule has 0 aromatic carbocycles. The molecule has 2 aliphatic rings. The zero-order chi connectivity index (χ0) is 18.2. The van der Waals surface area contributed by atoms with Crippen molar-refractivity contribution in [3.63, 3.8) is 0 Å². The van der Waals surface area contributed by atoms with Crippen molar-refractivity contribution < 1.29 is 22.7 Å². The van der Waals surface area contributed by atoms with E-state index in [2.05, 4.69) is 4.98 Å². The fourth-order valence-corrected chi connectivity index (χ4v) is 4.05. The molecule has 138 valence electrons. The van der Waals surface area contributed by atoms with E-state index in [9.17, 15) is 18.0 Å². The molecule has 0 bridgehead atoms. The number of ether oxygens (including phenoxy) is 1. The average molecular weight is 356 g/mol. The highest BCUT2D eigenvalue weighted by Gasteiger charge is 2.50. The van der Waals surface area contributed by atoms with Crippen molar-refractivity contribution in [3.05, 3.63) is 18.3 Å². The molecular formula is C18H23F3N2O2. The number of carbonyl (C=O) groups is 1. The van der Waals surface area contributed by atoms with Gasteiger partial charge in [0.2, 0.25) is 11.8 Å². The van der Waals surface area contributed by atoms with Gasteiger partial charge in [0.05, 0.1) is 17.3 Å². The zero-order valence-corrected chi connectivity index (χ0v) is 14.5. The third-order valence-electron chi connectivity index (χ3n) is 5.37. The minimum atomic E-state index is -4.44. The highest BCUT2D eigenvalue weighted by molar-refractivity contribution is 6.00. The molecule has 2 atom stereocenters. The summed E-state index contributed by atoms with van der Waals surface area (Å²) in [6.07, 6.45) is 1.06. The lowest BCUT2D eigenvalue weighted by Crippen LogP contribution is -2.37. The van der Waals surface area contributed by atoms with Gasteiger partial charge in [-0.05, 0) is 39.2 Å². The van der Waals surface area contributed by atoms with Crippen LogP contribution in [-0.2, 0) is 4.79 Å². The molecule has 1 saturated heterocycles. The molecule has 1 amide bonds. The molecule has 25 heavy (non-hydrogen) atoms. The van der Waals surface area contributed by atoms with E-state index in [4.69, 9.17) is 4.74 Å². The summed E-state index contributed by atoms with van der Waals surface area (Å²) >= 11 is 0. The van der Waals surface area contributed by atoms with Crippen LogP contribution in [0.5, 0.6) is 5.88 Å². The molecule has 2 heterocycles. The van der Waals surface area contributed by atoms with E-state index in [1.54, 1.807) is 11.0 Å². The fourth-order valence-electron chi connectivity index (χ4n) is 4.05. The van der Waals surface area contributed by atoms with Crippen LogP contribution in [0.1, 0.15) is 52.4 Å². The van der Waals surface area contributed by atoms with Gasteiger partial charge in [-0.2, -0.15) is 13.2 Å². The standard InChI is InChI=1S/C18H23F3N2O2/c1-12-10-17(8-4-3-5-9-17)16(24)23(12)14-6-7-15(22-11-14)25-13(2)18(19,20)21/h6-7,11-13H,3-5,8-10H2,1-2H3/t12?,13-/m0/s1. The number of carbonyl (C=O) groups excluding carboxylic acids is 1. The molecule has 0 radical (unpaired) electrons. The van der Waals surface area contributed by atoms with E-state index in [0.717, 1.165) is 39.0 Å². The Morgan fingerprint density at radius 3 is 2.52 bits per heavy atom. The first-order chi connectivity index (χ1) is 11.7. The molecule has 0 N–H and O–H groups in total. The van der Waals surface area contributed by atoms with Gasteiger partial charge in [0, 0.05) is 12.1 Å². The summed E-state index contributed by atoms with van der Waals surface area (Å²) in [5, 5.41) is 0. The first-order valence-electron chi connectivity index (χ1n) is 8.76. The predicted molar refractivity (Wildman–Crippen MR) is 87.5 cm³/mol. The van der Waals surface area contributed by atoms with Crippen molar-refractivity contribution in [2.45, 2.75) is 70.7 Å². The average Bonchev–Trinajstić information content (AvgIpc) is 2.78. The molecule has 3 rings (SSSR count). The van der Waals surface area contributed by atoms with Crippen molar-refractivity contribution in [2.75, 3.05) is 4.90 Å². The van der Waals surface area contributed by atoms with Crippen LogP contribution >= 0.6 is 0 Å². The second kappa shape index (κ2) is 6.50. The van der Waals surface area contributed by atoms with Crippen LogP contribution in [0.3, 0.4) is 0 Å². The summed E-state index contributed by atoms with van der Waals surface area (Å²) in [6.45, 7) is 2.95. The van der Waals surface area contributed by atoms with E-state index in [-0.39, 0.29) is 23.2 Å². The van der Waals surface area contributed by atoms with Gasteiger partial charge in [-0.15, -0.1) is 0 Å². The first kappa shape index (κ1) is 18.0. The Bertz CT molecular complexity index is 624. The SMILES string of the molecule is CC1CC2(CCCCC2)C(=O)N1c1ccc(O[C@@H](C)C(F)(F)F)nc1. The van der Waals surface area contributed by atoms with E-state index in [1.165, 1.54) is 18.7 Å². The first-order valence-corrected chi connectivity index (χ1v) is 8.76. The topological polar surface area (TPSA) is 42.4 Å². The largest absolute Gasteiger partial charge is 0.465 e. The minimum Gasteiger partial charge on any atom is -0.465 e. The smallest absolute Gasteiger partial charge is 0.425 e. The lowest BCUT2D eigenvalue weighted by atomic mass is 9.72. The van der Waals surface area contributed by atoms with E-state index in [0.29, 0.717) is 5.69 Å². The monoisotopic (exact) mass is 356 g/mol. The van der Waals surface area contributed by atoms with Crippen LogP contribution in [0, 0.1) is 5.41 Å². The highest BCUT2D eigenvalue weighted by atomic mass is 19.4. The van der Waals surface area contributed by atoms with Crippen LogP contribution < -0.4 is 9.64 Å². The number of nitrogens with zero attached hydrogens (tertiary/aromatic N) is 2. The Balaban J connectivity index is 1.75. The quantitative estimate of drug-likeness (QED) is 0.801. The number of pyridine rings is 1. The molecule has 7 heteroatoms. The summed E-state index contributed by atoms with van der Waals surface area (Å²) in [5.74, 6) is 0.0269. The number of aromatic nitrogens is 1. The normalized spacial score (nSPS) is 24.6. The van der Waals surface area contributed by atoms with Crippen LogP contribution in [0.2, 0.25) is 0 Å². The van der Waals surface area contributed by atoms with Gasteiger partial charge in [0.25, 0.3) is 0 Å². The molecule has 2 fully saturated rings. The third kappa shape index (κ3) is 3.46. The Labute approximate surface area is 145 Å². The number of rotatable bonds is 3. The molecule has 1 saturated carbocycles. The van der Waals surface area contributed by atoms with E-state index < -0.39 is 12.3 Å². The lowest BCUT2D eigenvalue weighted by Gasteiger charge is -2.31. The zero-order valence-electron chi connectivity index (χ0n) is 14.5. The molecule has 1 aliphatic heterocycles. The number of halogens is 3. The van der Waals surface area contributed by atoms with Crippen LogP contribution in [-0.4, -0.2) is 29.2 Å². The molecule has 1 aromatic heterocycles. The maximum absolute atomic E-state index is 13.0. The predicted octanol–water partition coefficient (Wildman–Crippen LogP) is 4.49.